The van der Waals surface area contributed by atoms with E-state index in [1.165, 1.54) is 16.6 Å². The molecule has 0 aliphatic heterocycles. The van der Waals surface area contributed by atoms with Crippen molar-refractivity contribution in [3.8, 4) is 11.4 Å². The largest absolute Gasteiger partial charge is 0.327 e. The van der Waals surface area contributed by atoms with Crippen molar-refractivity contribution < 1.29 is 0 Å². The molecule has 3 rings (SSSR count). The first-order valence-corrected chi connectivity index (χ1v) is 6.57. The molecule has 0 spiro atoms. The molecular formula is C16H17N3. The molecule has 0 amide bonds. The molecule has 0 saturated carbocycles. The van der Waals surface area contributed by atoms with Gasteiger partial charge in [-0.2, -0.15) is 0 Å². The van der Waals surface area contributed by atoms with Gasteiger partial charge in [0.2, 0.25) is 0 Å². The minimum atomic E-state index is 0.979. The lowest BCUT2D eigenvalue weighted by atomic mass is 10.1. The first kappa shape index (κ1) is 11.9. The fraction of sp³-hybridized carbons (Fsp3) is 0.250. The van der Waals surface area contributed by atoms with E-state index in [1.54, 1.807) is 0 Å². The maximum atomic E-state index is 4.74. The van der Waals surface area contributed by atoms with E-state index in [4.69, 9.17) is 4.98 Å². The lowest BCUT2D eigenvalue weighted by molar-refractivity contribution is 0.951. The van der Waals surface area contributed by atoms with E-state index < -0.39 is 0 Å². The van der Waals surface area contributed by atoms with Gasteiger partial charge in [-0.05, 0) is 36.6 Å². The van der Waals surface area contributed by atoms with Gasteiger partial charge in [0.25, 0.3) is 0 Å². The van der Waals surface area contributed by atoms with Gasteiger partial charge in [-0.1, -0.05) is 19.1 Å². The number of aryl methyl sites for hydroxylation is 3. The second-order valence-electron chi connectivity index (χ2n) is 4.87. The average Bonchev–Trinajstić information content (AvgIpc) is 2.77. The van der Waals surface area contributed by atoms with Crippen molar-refractivity contribution in [1.29, 1.82) is 0 Å². The highest BCUT2D eigenvalue weighted by atomic mass is 15.1. The van der Waals surface area contributed by atoms with Gasteiger partial charge >= 0.3 is 0 Å². The Morgan fingerprint density at radius 2 is 2.05 bits per heavy atom. The van der Waals surface area contributed by atoms with Crippen molar-refractivity contribution in [2.24, 2.45) is 7.05 Å². The molecule has 3 heteroatoms. The predicted octanol–water partition coefficient (Wildman–Crippen LogP) is 3.51. The van der Waals surface area contributed by atoms with Crippen LogP contribution in [0.1, 0.15) is 18.1 Å². The van der Waals surface area contributed by atoms with Gasteiger partial charge in [-0.15, -0.1) is 0 Å². The van der Waals surface area contributed by atoms with Crippen molar-refractivity contribution in [3.63, 3.8) is 0 Å². The molecule has 0 aliphatic carbocycles. The van der Waals surface area contributed by atoms with Crippen LogP contribution in [0.2, 0.25) is 0 Å². The molecule has 0 bridgehead atoms. The quantitative estimate of drug-likeness (QED) is 0.698. The average molecular weight is 251 g/mol. The van der Waals surface area contributed by atoms with E-state index in [0.717, 1.165) is 23.3 Å². The number of hydrogen-bond donors (Lipinski definition) is 0. The highest BCUT2D eigenvalue weighted by molar-refractivity contribution is 5.83. The standard InChI is InChI=1S/C16H17N3/c1-4-12-8-13(10-17-9-12)16-18-14-7-5-6-11(2)15(14)19(16)3/h5-10H,4H2,1-3H3. The summed E-state index contributed by atoms with van der Waals surface area (Å²) in [7, 11) is 2.07. The van der Waals surface area contributed by atoms with Gasteiger partial charge < -0.3 is 4.57 Å². The number of imidazole rings is 1. The Bertz CT molecular complexity index is 741. The van der Waals surface area contributed by atoms with Gasteiger partial charge in [-0.3, -0.25) is 4.98 Å². The number of nitrogens with zero attached hydrogens (tertiary/aromatic N) is 3. The molecule has 0 saturated heterocycles. The molecule has 0 aliphatic rings. The number of fused-ring (bicyclic) bond motifs is 1. The van der Waals surface area contributed by atoms with Crippen molar-refractivity contribution in [2.75, 3.05) is 0 Å². The summed E-state index contributed by atoms with van der Waals surface area (Å²) in [4.78, 5) is 9.05. The van der Waals surface area contributed by atoms with Crippen molar-refractivity contribution in [3.05, 3.63) is 47.8 Å². The summed E-state index contributed by atoms with van der Waals surface area (Å²) in [6, 6.07) is 8.40. The van der Waals surface area contributed by atoms with Crippen LogP contribution in [0.4, 0.5) is 0 Å². The fourth-order valence-electron chi connectivity index (χ4n) is 2.53. The lowest BCUT2D eigenvalue weighted by Gasteiger charge is -2.05. The molecule has 0 N–H and O–H groups in total. The van der Waals surface area contributed by atoms with E-state index >= 15 is 0 Å². The molecule has 1 aromatic carbocycles. The number of hydrogen-bond acceptors (Lipinski definition) is 2. The Labute approximate surface area is 112 Å². The smallest absolute Gasteiger partial charge is 0.142 e. The molecule has 2 aromatic heterocycles. The third-order valence-corrected chi connectivity index (χ3v) is 3.56. The Morgan fingerprint density at radius 1 is 1.21 bits per heavy atom. The fourth-order valence-corrected chi connectivity index (χ4v) is 2.53. The highest BCUT2D eigenvalue weighted by Gasteiger charge is 2.11. The Kier molecular flexibility index (Phi) is 2.82. The Hall–Kier alpha value is -2.16. The molecule has 2 heterocycles. The molecule has 19 heavy (non-hydrogen) atoms. The monoisotopic (exact) mass is 251 g/mol. The summed E-state index contributed by atoms with van der Waals surface area (Å²) in [6.07, 6.45) is 4.79. The normalized spacial score (nSPS) is 11.1. The topological polar surface area (TPSA) is 30.7 Å². The van der Waals surface area contributed by atoms with E-state index in [1.807, 2.05) is 12.4 Å². The van der Waals surface area contributed by atoms with Crippen molar-refractivity contribution in [1.82, 2.24) is 14.5 Å². The molecule has 0 atom stereocenters. The third-order valence-electron chi connectivity index (χ3n) is 3.56. The second-order valence-corrected chi connectivity index (χ2v) is 4.87. The summed E-state index contributed by atoms with van der Waals surface area (Å²) < 4.78 is 2.15. The van der Waals surface area contributed by atoms with Gasteiger partial charge in [-0.25, -0.2) is 4.98 Å². The molecule has 3 aromatic rings. The summed E-state index contributed by atoms with van der Waals surface area (Å²) >= 11 is 0. The number of pyridine rings is 1. The van der Waals surface area contributed by atoms with Crippen LogP contribution in [0, 0.1) is 6.92 Å². The Balaban J connectivity index is 2.25. The van der Waals surface area contributed by atoms with Crippen LogP contribution in [0.15, 0.2) is 36.7 Å². The van der Waals surface area contributed by atoms with Crippen molar-refractivity contribution in [2.45, 2.75) is 20.3 Å². The lowest BCUT2D eigenvalue weighted by Crippen LogP contribution is -1.95. The maximum absolute atomic E-state index is 4.74. The predicted molar refractivity (Wildman–Crippen MR) is 78.1 cm³/mol. The SMILES string of the molecule is CCc1cncc(-c2nc3cccc(C)c3n2C)c1. The molecule has 0 radical (unpaired) electrons. The molecule has 96 valence electrons. The van der Waals surface area contributed by atoms with E-state index in [0.29, 0.717) is 0 Å². The zero-order chi connectivity index (χ0) is 13.4. The van der Waals surface area contributed by atoms with Crippen LogP contribution in [-0.4, -0.2) is 14.5 Å². The summed E-state index contributed by atoms with van der Waals surface area (Å²) in [5, 5.41) is 0. The maximum Gasteiger partial charge on any atom is 0.142 e. The van der Waals surface area contributed by atoms with Crippen LogP contribution < -0.4 is 0 Å². The summed E-state index contributed by atoms with van der Waals surface area (Å²) in [5.41, 5.74) is 5.80. The number of rotatable bonds is 2. The van der Waals surface area contributed by atoms with Crippen LogP contribution in [0.5, 0.6) is 0 Å². The van der Waals surface area contributed by atoms with Crippen LogP contribution >= 0.6 is 0 Å². The van der Waals surface area contributed by atoms with E-state index in [2.05, 4.69) is 54.7 Å². The molecule has 3 nitrogen and oxygen atoms in total. The second kappa shape index (κ2) is 4.50. The number of aromatic nitrogens is 3. The minimum Gasteiger partial charge on any atom is -0.327 e. The van der Waals surface area contributed by atoms with Crippen LogP contribution in [0.25, 0.3) is 22.4 Å². The van der Waals surface area contributed by atoms with E-state index in [9.17, 15) is 0 Å². The highest BCUT2D eigenvalue weighted by Crippen LogP contribution is 2.25. The van der Waals surface area contributed by atoms with Crippen LogP contribution in [0.3, 0.4) is 0 Å². The molecule has 0 unspecified atom stereocenters. The summed E-state index contributed by atoms with van der Waals surface area (Å²) in [5.74, 6) is 0.979. The van der Waals surface area contributed by atoms with Gasteiger partial charge in [0.05, 0.1) is 11.0 Å². The van der Waals surface area contributed by atoms with Gasteiger partial charge in [0.1, 0.15) is 5.82 Å². The first-order valence-electron chi connectivity index (χ1n) is 6.57. The van der Waals surface area contributed by atoms with Gasteiger partial charge in [0.15, 0.2) is 0 Å². The van der Waals surface area contributed by atoms with Gasteiger partial charge in [0, 0.05) is 25.0 Å². The third kappa shape index (κ3) is 1.91. The van der Waals surface area contributed by atoms with Crippen molar-refractivity contribution >= 4 is 11.0 Å². The van der Waals surface area contributed by atoms with Crippen LogP contribution in [-0.2, 0) is 13.5 Å². The zero-order valence-corrected chi connectivity index (χ0v) is 11.5. The molecular weight excluding hydrogens is 234 g/mol. The number of benzene rings is 1. The van der Waals surface area contributed by atoms with E-state index in [-0.39, 0.29) is 0 Å². The Morgan fingerprint density at radius 3 is 2.79 bits per heavy atom. The molecule has 0 fully saturated rings. The zero-order valence-electron chi connectivity index (χ0n) is 11.5. The number of para-hydroxylation sites is 1. The summed E-state index contributed by atoms with van der Waals surface area (Å²) in [6.45, 7) is 4.26. The minimum absolute atomic E-state index is 0.979. The first-order chi connectivity index (χ1) is 9.20.